The standard InChI is InChI=1S/C17H27N3O2/c1-13(14-7-5-9-18-11-14)19-12-15-8-6-10-20(15)16(21)22-17(2,3)4/h5,7,9,11,13,15,19H,6,8,10,12H2,1-4H3/t13-,15?/m1/s1. The van der Waals surface area contributed by atoms with Crippen molar-refractivity contribution >= 4 is 6.09 Å². The van der Waals surface area contributed by atoms with Crippen molar-refractivity contribution in [2.75, 3.05) is 13.1 Å². The SMILES string of the molecule is C[C@@H](NCC1CCCN1C(=O)OC(C)(C)C)c1cccnc1. The van der Waals surface area contributed by atoms with Crippen LogP contribution in [0.15, 0.2) is 24.5 Å². The Labute approximate surface area is 133 Å². The van der Waals surface area contributed by atoms with Gasteiger partial charge in [0.1, 0.15) is 5.60 Å². The summed E-state index contributed by atoms with van der Waals surface area (Å²) in [5.74, 6) is 0. The predicted octanol–water partition coefficient (Wildman–Crippen LogP) is 3.13. The van der Waals surface area contributed by atoms with Crippen LogP contribution >= 0.6 is 0 Å². The number of nitrogens with one attached hydrogen (secondary N) is 1. The van der Waals surface area contributed by atoms with Crippen LogP contribution in [-0.4, -0.2) is 40.7 Å². The van der Waals surface area contributed by atoms with Gasteiger partial charge >= 0.3 is 6.09 Å². The normalized spacial score (nSPS) is 20.0. The number of carbonyl (C=O) groups is 1. The first-order valence-electron chi connectivity index (χ1n) is 8.00. The van der Waals surface area contributed by atoms with Crippen molar-refractivity contribution in [1.29, 1.82) is 0 Å². The molecule has 0 spiro atoms. The Kier molecular flexibility index (Phi) is 5.40. The summed E-state index contributed by atoms with van der Waals surface area (Å²) in [6.07, 6.45) is 5.50. The van der Waals surface area contributed by atoms with E-state index in [0.717, 1.165) is 31.5 Å². The second-order valence-electron chi connectivity index (χ2n) is 6.89. The fraction of sp³-hybridized carbons (Fsp3) is 0.647. The molecule has 0 aliphatic carbocycles. The lowest BCUT2D eigenvalue weighted by atomic mass is 10.1. The van der Waals surface area contributed by atoms with Gasteiger partial charge in [0.2, 0.25) is 0 Å². The lowest BCUT2D eigenvalue weighted by Crippen LogP contribution is -2.44. The van der Waals surface area contributed by atoms with E-state index in [1.54, 1.807) is 6.20 Å². The molecule has 1 unspecified atom stereocenters. The summed E-state index contributed by atoms with van der Waals surface area (Å²) in [5.41, 5.74) is 0.713. The van der Waals surface area contributed by atoms with Crippen LogP contribution in [0.4, 0.5) is 4.79 Å². The molecule has 1 aliphatic heterocycles. The maximum absolute atomic E-state index is 12.3. The lowest BCUT2D eigenvalue weighted by Gasteiger charge is -2.29. The highest BCUT2D eigenvalue weighted by Gasteiger charge is 2.32. The van der Waals surface area contributed by atoms with Gasteiger partial charge in [-0.2, -0.15) is 0 Å². The monoisotopic (exact) mass is 305 g/mol. The summed E-state index contributed by atoms with van der Waals surface area (Å²) in [5, 5.41) is 3.50. The van der Waals surface area contributed by atoms with Crippen LogP contribution in [0.2, 0.25) is 0 Å². The molecular formula is C17H27N3O2. The molecule has 5 nitrogen and oxygen atoms in total. The molecule has 1 amide bonds. The van der Waals surface area contributed by atoms with E-state index in [1.165, 1.54) is 0 Å². The fourth-order valence-electron chi connectivity index (χ4n) is 2.67. The van der Waals surface area contributed by atoms with Crippen LogP contribution in [0.1, 0.15) is 52.1 Å². The molecule has 2 atom stereocenters. The molecule has 2 rings (SSSR count). The van der Waals surface area contributed by atoms with Gasteiger partial charge < -0.3 is 15.0 Å². The summed E-state index contributed by atoms with van der Waals surface area (Å²) in [7, 11) is 0. The van der Waals surface area contributed by atoms with Crippen LogP contribution < -0.4 is 5.32 Å². The molecule has 2 heterocycles. The Morgan fingerprint density at radius 1 is 1.55 bits per heavy atom. The molecule has 0 radical (unpaired) electrons. The summed E-state index contributed by atoms with van der Waals surface area (Å²) in [4.78, 5) is 18.3. The van der Waals surface area contributed by atoms with Crippen molar-refractivity contribution in [3.05, 3.63) is 30.1 Å². The summed E-state index contributed by atoms with van der Waals surface area (Å²) in [6, 6.07) is 4.42. The number of carbonyl (C=O) groups excluding carboxylic acids is 1. The van der Waals surface area contributed by atoms with Crippen molar-refractivity contribution in [2.45, 2.75) is 58.2 Å². The highest BCUT2D eigenvalue weighted by Crippen LogP contribution is 2.21. The maximum Gasteiger partial charge on any atom is 0.410 e. The molecule has 1 aliphatic rings. The molecule has 1 aromatic rings. The van der Waals surface area contributed by atoms with Gasteiger partial charge in [0.05, 0.1) is 0 Å². The van der Waals surface area contributed by atoms with Gasteiger partial charge in [0.25, 0.3) is 0 Å². The van der Waals surface area contributed by atoms with Crippen molar-refractivity contribution in [3.63, 3.8) is 0 Å². The number of amides is 1. The number of likely N-dealkylation sites (tertiary alicyclic amines) is 1. The second kappa shape index (κ2) is 7.09. The quantitative estimate of drug-likeness (QED) is 0.928. The zero-order valence-corrected chi connectivity index (χ0v) is 14.0. The Morgan fingerprint density at radius 2 is 2.32 bits per heavy atom. The molecule has 0 saturated carbocycles. The predicted molar refractivity (Wildman–Crippen MR) is 86.6 cm³/mol. The molecule has 5 heteroatoms. The Balaban J connectivity index is 1.87. The van der Waals surface area contributed by atoms with Gasteiger partial charge in [-0.3, -0.25) is 4.98 Å². The number of nitrogens with zero attached hydrogens (tertiary/aromatic N) is 2. The third kappa shape index (κ3) is 4.70. The van der Waals surface area contributed by atoms with E-state index in [1.807, 2.05) is 37.9 Å². The first-order chi connectivity index (χ1) is 10.4. The molecular weight excluding hydrogens is 278 g/mol. The minimum atomic E-state index is -0.444. The Hall–Kier alpha value is -1.62. The first-order valence-corrected chi connectivity index (χ1v) is 8.00. The second-order valence-corrected chi connectivity index (χ2v) is 6.89. The van der Waals surface area contributed by atoms with Gasteiger partial charge in [-0.05, 0) is 52.2 Å². The van der Waals surface area contributed by atoms with Crippen molar-refractivity contribution in [1.82, 2.24) is 15.2 Å². The number of hydrogen-bond acceptors (Lipinski definition) is 4. The van der Waals surface area contributed by atoms with Gasteiger partial charge in [0.15, 0.2) is 0 Å². The number of pyridine rings is 1. The van der Waals surface area contributed by atoms with Gasteiger partial charge in [0, 0.05) is 37.6 Å². The third-order valence-electron chi connectivity index (χ3n) is 3.85. The number of aromatic nitrogens is 1. The van der Waals surface area contributed by atoms with E-state index in [4.69, 9.17) is 4.74 Å². The molecule has 1 N–H and O–H groups in total. The Bertz CT molecular complexity index is 484. The number of ether oxygens (including phenoxy) is 1. The minimum absolute atomic E-state index is 0.203. The zero-order chi connectivity index (χ0) is 16.2. The molecule has 0 bridgehead atoms. The van der Waals surface area contributed by atoms with E-state index < -0.39 is 5.60 Å². The molecule has 1 fully saturated rings. The summed E-state index contributed by atoms with van der Waals surface area (Å²) >= 11 is 0. The molecule has 1 saturated heterocycles. The smallest absolute Gasteiger partial charge is 0.410 e. The van der Waals surface area contributed by atoms with Crippen molar-refractivity contribution in [3.8, 4) is 0 Å². The van der Waals surface area contributed by atoms with Gasteiger partial charge in [-0.15, -0.1) is 0 Å². The lowest BCUT2D eigenvalue weighted by molar-refractivity contribution is 0.0225. The topological polar surface area (TPSA) is 54.5 Å². The first kappa shape index (κ1) is 16.7. The van der Waals surface area contributed by atoms with Crippen LogP contribution in [-0.2, 0) is 4.74 Å². The van der Waals surface area contributed by atoms with E-state index in [9.17, 15) is 4.79 Å². The van der Waals surface area contributed by atoms with E-state index in [2.05, 4.69) is 23.3 Å². The van der Waals surface area contributed by atoms with Crippen LogP contribution in [0.25, 0.3) is 0 Å². The van der Waals surface area contributed by atoms with Crippen molar-refractivity contribution < 1.29 is 9.53 Å². The number of rotatable bonds is 4. The highest BCUT2D eigenvalue weighted by atomic mass is 16.6. The molecule has 22 heavy (non-hydrogen) atoms. The maximum atomic E-state index is 12.3. The largest absolute Gasteiger partial charge is 0.444 e. The van der Waals surface area contributed by atoms with Gasteiger partial charge in [-0.25, -0.2) is 4.79 Å². The summed E-state index contributed by atoms with van der Waals surface area (Å²) in [6.45, 7) is 9.37. The van der Waals surface area contributed by atoms with E-state index in [-0.39, 0.29) is 18.2 Å². The average molecular weight is 305 g/mol. The van der Waals surface area contributed by atoms with E-state index >= 15 is 0 Å². The minimum Gasteiger partial charge on any atom is -0.444 e. The van der Waals surface area contributed by atoms with Crippen molar-refractivity contribution in [2.24, 2.45) is 0 Å². The third-order valence-corrected chi connectivity index (χ3v) is 3.85. The van der Waals surface area contributed by atoms with Crippen LogP contribution in [0, 0.1) is 0 Å². The average Bonchev–Trinajstić information content (AvgIpc) is 2.92. The van der Waals surface area contributed by atoms with Crippen LogP contribution in [0.3, 0.4) is 0 Å². The zero-order valence-electron chi connectivity index (χ0n) is 14.0. The van der Waals surface area contributed by atoms with Crippen LogP contribution in [0.5, 0.6) is 0 Å². The molecule has 0 aromatic carbocycles. The van der Waals surface area contributed by atoms with Gasteiger partial charge in [-0.1, -0.05) is 6.07 Å². The number of hydrogen-bond donors (Lipinski definition) is 1. The highest BCUT2D eigenvalue weighted by molar-refractivity contribution is 5.69. The molecule has 122 valence electrons. The Morgan fingerprint density at radius 3 is 2.95 bits per heavy atom. The molecule has 1 aromatic heterocycles. The fourth-order valence-corrected chi connectivity index (χ4v) is 2.67. The summed E-state index contributed by atoms with van der Waals surface area (Å²) < 4.78 is 5.49. The van der Waals surface area contributed by atoms with E-state index in [0.29, 0.717) is 0 Å².